The molecule has 0 saturated carbocycles. The van der Waals surface area contributed by atoms with Crippen molar-refractivity contribution in [2.24, 2.45) is 5.10 Å². The Labute approximate surface area is 183 Å². The summed E-state index contributed by atoms with van der Waals surface area (Å²) in [7, 11) is 0. The highest BCUT2D eigenvalue weighted by atomic mass is 35.5. The molecule has 0 spiro atoms. The van der Waals surface area contributed by atoms with Crippen LogP contribution in [-0.4, -0.2) is 24.0 Å². The van der Waals surface area contributed by atoms with Crippen LogP contribution in [0, 0.1) is 6.92 Å². The van der Waals surface area contributed by atoms with Gasteiger partial charge in [0, 0.05) is 10.7 Å². The number of hydrogen-bond donors (Lipinski definition) is 2. The van der Waals surface area contributed by atoms with Gasteiger partial charge in [-0.05, 0) is 61.0 Å². The second kappa shape index (κ2) is 10.2. The van der Waals surface area contributed by atoms with E-state index in [0.717, 1.165) is 5.56 Å². The van der Waals surface area contributed by atoms with Gasteiger partial charge in [-0.1, -0.05) is 41.4 Å². The Balaban J connectivity index is 1.56. The molecule has 0 aliphatic carbocycles. The minimum Gasteiger partial charge on any atom is -0.423 e. The Hall–Kier alpha value is -3.97. The van der Waals surface area contributed by atoms with Crippen molar-refractivity contribution in [3.63, 3.8) is 0 Å². The van der Waals surface area contributed by atoms with Crippen molar-refractivity contribution in [3.05, 3.63) is 94.5 Å². The number of ether oxygens (including phenoxy) is 1. The third-order valence-corrected chi connectivity index (χ3v) is 4.26. The van der Waals surface area contributed by atoms with Crippen molar-refractivity contribution in [2.75, 3.05) is 5.32 Å². The fourth-order valence-electron chi connectivity index (χ4n) is 2.53. The summed E-state index contributed by atoms with van der Waals surface area (Å²) in [6.45, 7) is 1.89. The first-order chi connectivity index (χ1) is 14.9. The second-order valence-corrected chi connectivity index (χ2v) is 6.93. The molecule has 3 rings (SSSR count). The summed E-state index contributed by atoms with van der Waals surface area (Å²) in [5.41, 5.74) is 4.52. The van der Waals surface area contributed by atoms with Gasteiger partial charge in [0.1, 0.15) is 5.75 Å². The molecule has 0 bridgehead atoms. The molecule has 2 amide bonds. The van der Waals surface area contributed by atoms with E-state index in [0.29, 0.717) is 27.6 Å². The number of benzene rings is 3. The van der Waals surface area contributed by atoms with Crippen LogP contribution >= 0.6 is 11.6 Å². The molecule has 3 aromatic rings. The maximum absolute atomic E-state index is 12.3. The number of esters is 1. The maximum Gasteiger partial charge on any atom is 0.343 e. The topological polar surface area (TPSA) is 96.9 Å². The van der Waals surface area contributed by atoms with Crippen molar-refractivity contribution in [3.8, 4) is 5.75 Å². The number of carbonyl (C=O) groups excluding carboxylic acids is 3. The molecule has 0 radical (unpaired) electrons. The van der Waals surface area contributed by atoms with Gasteiger partial charge in [0.25, 0.3) is 0 Å². The number of hydrogen-bond acceptors (Lipinski definition) is 5. The standard InChI is InChI=1S/C23H18ClN3O4/c1-15-4-2-6-17(12-15)23(30)31-20-7-3-5-16(13-20)14-25-27-22(29)21(28)26-19-10-8-18(24)9-11-19/h2-14H,1H3,(H,26,28)(H,27,29). The largest absolute Gasteiger partial charge is 0.423 e. The molecular formula is C23H18ClN3O4. The summed E-state index contributed by atoms with van der Waals surface area (Å²) in [6.07, 6.45) is 1.33. The molecule has 0 atom stereocenters. The highest BCUT2D eigenvalue weighted by molar-refractivity contribution is 6.39. The molecule has 7 nitrogen and oxygen atoms in total. The van der Waals surface area contributed by atoms with Crippen LogP contribution in [0.2, 0.25) is 5.02 Å². The summed E-state index contributed by atoms with van der Waals surface area (Å²) in [5.74, 6) is -1.97. The van der Waals surface area contributed by atoms with E-state index in [1.54, 1.807) is 66.7 Å². The Morgan fingerprint density at radius 2 is 1.68 bits per heavy atom. The van der Waals surface area contributed by atoms with Crippen molar-refractivity contribution >= 4 is 41.3 Å². The Morgan fingerprint density at radius 3 is 2.42 bits per heavy atom. The van der Waals surface area contributed by atoms with Crippen LogP contribution in [-0.2, 0) is 9.59 Å². The van der Waals surface area contributed by atoms with Gasteiger partial charge in [0.15, 0.2) is 0 Å². The van der Waals surface area contributed by atoms with Gasteiger partial charge in [-0.25, -0.2) is 10.2 Å². The number of nitrogens with one attached hydrogen (secondary N) is 2. The van der Waals surface area contributed by atoms with E-state index in [9.17, 15) is 14.4 Å². The first-order valence-corrected chi connectivity index (χ1v) is 9.57. The minimum absolute atomic E-state index is 0.322. The van der Waals surface area contributed by atoms with Crippen LogP contribution in [0.3, 0.4) is 0 Å². The quantitative estimate of drug-likeness (QED) is 0.208. The van der Waals surface area contributed by atoms with Gasteiger partial charge in [0.05, 0.1) is 11.8 Å². The van der Waals surface area contributed by atoms with E-state index < -0.39 is 17.8 Å². The molecule has 0 aliphatic rings. The van der Waals surface area contributed by atoms with Crippen molar-refractivity contribution in [2.45, 2.75) is 6.92 Å². The lowest BCUT2D eigenvalue weighted by molar-refractivity contribution is -0.136. The van der Waals surface area contributed by atoms with Gasteiger partial charge in [-0.2, -0.15) is 5.10 Å². The normalized spacial score (nSPS) is 10.5. The van der Waals surface area contributed by atoms with Crippen LogP contribution < -0.4 is 15.5 Å². The molecule has 8 heteroatoms. The molecule has 0 heterocycles. The number of halogens is 1. The van der Waals surface area contributed by atoms with Crippen molar-refractivity contribution < 1.29 is 19.1 Å². The van der Waals surface area contributed by atoms with Crippen molar-refractivity contribution in [1.29, 1.82) is 0 Å². The highest BCUT2D eigenvalue weighted by Crippen LogP contribution is 2.15. The van der Waals surface area contributed by atoms with Crippen LogP contribution in [0.15, 0.2) is 77.9 Å². The van der Waals surface area contributed by atoms with Crippen LogP contribution in [0.5, 0.6) is 5.75 Å². The van der Waals surface area contributed by atoms with Gasteiger partial charge in [-0.3, -0.25) is 9.59 Å². The summed E-state index contributed by atoms with van der Waals surface area (Å²) >= 11 is 5.78. The maximum atomic E-state index is 12.3. The highest BCUT2D eigenvalue weighted by Gasteiger charge is 2.13. The van der Waals surface area contributed by atoms with E-state index in [2.05, 4.69) is 15.8 Å². The molecule has 0 aromatic heterocycles. The van der Waals surface area contributed by atoms with Gasteiger partial charge in [-0.15, -0.1) is 0 Å². The number of rotatable bonds is 5. The third-order valence-electron chi connectivity index (χ3n) is 4.01. The molecule has 3 aromatic carbocycles. The Morgan fingerprint density at radius 1 is 0.935 bits per heavy atom. The molecular weight excluding hydrogens is 418 g/mol. The number of amides is 2. The summed E-state index contributed by atoms with van der Waals surface area (Å²) in [6, 6.07) is 20.0. The second-order valence-electron chi connectivity index (χ2n) is 6.49. The van der Waals surface area contributed by atoms with Crippen molar-refractivity contribution in [1.82, 2.24) is 5.43 Å². The Bertz CT molecular complexity index is 1140. The van der Waals surface area contributed by atoms with E-state index in [1.807, 2.05) is 13.0 Å². The van der Waals surface area contributed by atoms with Gasteiger partial charge < -0.3 is 10.1 Å². The number of nitrogens with zero attached hydrogens (tertiary/aromatic N) is 1. The van der Waals surface area contributed by atoms with E-state index in [-0.39, 0.29) is 0 Å². The van der Waals surface area contributed by atoms with Gasteiger partial charge >= 0.3 is 17.8 Å². The first-order valence-electron chi connectivity index (χ1n) is 9.19. The zero-order valence-corrected chi connectivity index (χ0v) is 17.2. The van der Waals surface area contributed by atoms with Crippen LogP contribution in [0.1, 0.15) is 21.5 Å². The first kappa shape index (κ1) is 21.7. The smallest absolute Gasteiger partial charge is 0.343 e. The van der Waals surface area contributed by atoms with E-state index >= 15 is 0 Å². The summed E-state index contributed by atoms with van der Waals surface area (Å²) in [5, 5.41) is 6.70. The van der Waals surface area contributed by atoms with E-state index in [1.165, 1.54) is 6.21 Å². The molecule has 0 fully saturated rings. The third kappa shape index (κ3) is 6.52. The summed E-state index contributed by atoms with van der Waals surface area (Å²) in [4.78, 5) is 36.0. The predicted molar refractivity (Wildman–Crippen MR) is 118 cm³/mol. The summed E-state index contributed by atoms with van der Waals surface area (Å²) < 4.78 is 5.38. The van der Waals surface area contributed by atoms with Gasteiger partial charge in [0.2, 0.25) is 0 Å². The Kier molecular flexibility index (Phi) is 7.13. The van der Waals surface area contributed by atoms with Crippen LogP contribution in [0.25, 0.3) is 0 Å². The van der Waals surface area contributed by atoms with E-state index in [4.69, 9.17) is 16.3 Å². The lowest BCUT2D eigenvalue weighted by atomic mass is 10.1. The number of carbonyl (C=O) groups is 3. The molecule has 156 valence electrons. The minimum atomic E-state index is -0.937. The SMILES string of the molecule is Cc1cccc(C(=O)Oc2cccc(C=NNC(=O)C(=O)Nc3ccc(Cl)cc3)c2)c1. The fourth-order valence-corrected chi connectivity index (χ4v) is 2.66. The predicted octanol–water partition coefficient (Wildman–Crippen LogP) is 3.96. The molecule has 0 aliphatic heterocycles. The monoisotopic (exact) mass is 435 g/mol. The number of aryl methyl sites for hydroxylation is 1. The molecule has 31 heavy (non-hydrogen) atoms. The zero-order chi connectivity index (χ0) is 22.2. The average Bonchev–Trinajstić information content (AvgIpc) is 2.75. The lowest BCUT2D eigenvalue weighted by Crippen LogP contribution is -2.32. The number of hydrazone groups is 1. The fraction of sp³-hybridized carbons (Fsp3) is 0.0435. The number of anilines is 1. The van der Waals surface area contributed by atoms with Crippen LogP contribution in [0.4, 0.5) is 5.69 Å². The molecule has 2 N–H and O–H groups in total. The average molecular weight is 436 g/mol. The zero-order valence-electron chi connectivity index (χ0n) is 16.5. The molecule has 0 unspecified atom stereocenters. The lowest BCUT2D eigenvalue weighted by Gasteiger charge is -2.06. The molecule has 0 saturated heterocycles.